The number of rotatable bonds is 9. The van der Waals surface area contributed by atoms with Gasteiger partial charge in [-0.25, -0.2) is 0 Å². The van der Waals surface area contributed by atoms with Crippen LogP contribution in [0.25, 0.3) is 0 Å². The Kier molecular flexibility index (Phi) is 7.74. The normalized spacial score (nSPS) is 13.9. The van der Waals surface area contributed by atoms with Crippen molar-refractivity contribution in [3.8, 4) is 0 Å². The summed E-state index contributed by atoms with van der Waals surface area (Å²) >= 11 is 0. The smallest absolute Gasteiger partial charge is 0.0878 e. The second-order valence-corrected chi connectivity index (χ2v) is 6.55. The third-order valence-corrected chi connectivity index (χ3v) is 4.31. The molecule has 2 aromatic carbocycles. The van der Waals surface area contributed by atoms with Gasteiger partial charge in [-0.15, -0.1) is 9.24 Å². The van der Waals surface area contributed by atoms with Crippen LogP contribution in [0.5, 0.6) is 0 Å². The molecule has 0 spiro atoms. The third-order valence-electron chi connectivity index (χ3n) is 3.85. The van der Waals surface area contributed by atoms with Crippen LogP contribution in [0.1, 0.15) is 25.0 Å². The van der Waals surface area contributed by atoms with Gasteiger partial charge < -0.3 is 9.47 Å². The summed E-state index contributed by atoms with van der Waals surface area (Å²) < 4.78 is 12.3. The van der Waals surface area contributed by atoms with Crippen molar-refractivity contribution >= 4 is 9.24 Å². The van der Waals surface area contributed by atoms with Crippen LogP contribution in [-0.4, -0.2) is 18.4 Å². The molecule has 3 atom stereocenters. The van der Waals surface area contributed by atoms with E-state index in [0.29, 0.717) is 19.1 Å². The second-order valence-electron chi connectivity index (χ2n) is 6.08. The van der Waals surface area contributed by atoms with E-state index in [2.05, 4.69) is 47.4 Å². The number of ether oxygens (including phenoxy) is 2. The highest BCUT2D eigenvalue weighted by molar-refractivity contribution is 7.16. The monoisotopic (exact) mass is 330 g/mol. The maximum atomic E-state index is 6.19. The minimum absolute atomic E-state index is 0.0731. The molecule has 0 N–H and O–H groups in total. The van der Waals surface area contributed by atoms with Gasteiger partial charge in [-0.2, -0.15) is 0 Å². The quantitative estimate of drug-likeness (QED) is 0.621. The largest absolute Gasteiger partial charge is 0.371 e. The van der Waals surface area contributed by atoms with Gasteiger partial charge in [-0.3, -0.25) is 0 Å². The molecule has 2 rings (SSSR count). The average Bonchev–Trinajstić information content (AvgIpc) is 2.59. The molecule has 2 nitrogen and oxygen atoms in total. The molecule has 0 saturated heterocycles. The van der Waals surface area contributed by atoms with E-state index in [1.54, 1.807) is 0 Å². The van der Waals surface area contributed by atoms with Gasteiger partial charge in [-0.1, -0.05) is 74.5 Å². The first-order valence-electron chi connectivity index (χ1n) is 8.22. The lowest BCUT2D eigenvalue weighted by Gasteiger charge is -2.29. The van der Waals surface area contributed by atoms with Gasteiger partial charge in [-0.05, 0) is 23.2 Å². The van der Waals surface area contributed by atoms with Gasteiger partial charge in [0, 0.05) is 0 Å². The van der Waals surface area contributed by atoms with E-state index in [9.17, 15) is 0 Å². The van der Waals surface area contributed by atoms with Gasteiger partial charge in [0.05, 0.1) is 25.4 Å². The van der Waals surface area contributed by atoms with Crippen LogP contribution in [0, 0.1) is 5.92 Å². The van der Waals surface area contributed by atoms with E-state index in [4.69, 9.17) is 9.47 Å². The van der Waals surface area contributed by atoms with E-state index < -0.39 is 0 Å². The van der Waals surface area contributed by atoms with Crippen LogP contribution >= 0.6 is 9.24 Å². The molecule has 0 saturated carbocycles. The van der Waals surface area contributed by atoms with Crippen LogP contribution in [0.4, 0.5) is 0 Å². The zero-order valence-corrected chi connectivity index (χ0v) is 15.2. The Hall–Kier alpha value is -1.21. The fourth-order valence-electron chi connectivity index (χ4n) is 2.57. The summed E-state index contributed by atoms with van der Waals surface area (Å²) in [6.45, 7) is 5.63. The Labute approximate surface area is 142 Å². The first-order chi connectivity index (χ1) is 11.2. The molecule has 0 aliphatic rings. The zero-order valence-electron chi connectivity index (χ0n) is 14.0. The van der Waals surface area contributed by atoms with Gasteiger partial charge in [0.2, 0.25) is 0 Å². The molecule has 23 heavy (non-hydrogen) atoms. The van der Waals surface area contributed by atoms with Crippen molar-refractivity contribution in [1.29, 1.82) is 0 Å². The fourth-order valence-corrected chi connectivity index (χ4v) is 2.97. The summed E-state index contributed by atoms with van der Waals surface area (Å²) in [5.74, 6) is 0.403. The SMILES string of the molecule is CC(C)[C@H](OCc1ccccc1)[C@H](CP)OCc1ccccc1. The molecule has 0 aliphatic carbocycles. The molecule has 1 unspecified atom stereocenters. The minimum atomic E-state index is 0.0731. The molecule has 0 fully saturated rings. The van der Waals surface area contributed by atoms with Crippen LogP contribution < -0.4 is 0 Å². The van der Waals surface area contributed by atoms with Gasteiger partial charge in [0.15, 0.2) is 0 Å². The summed E-state index contributed by atoms with van der Waals surface area (Å²) in [5.41, 5.74) is 2.39. The van der Waals surface area contributed by atoms with E-state index >= 15 is 0 Å². The van der Waals surface area contributed by atoms with E-state index in [1.165, 1.54) is 11.1 Å². The van der Waals surface area contributed by atoms with Crippen molar-refractivity contribution in [2.24, 2.45) is 5.92 Å². The molecule has 0 heterocycles. The predicted molar refractivity (Wildman–Crippen MR) is 99.5 cm³/mol. The summed E-state index contributed by atoms with van der Waals surface area (Å²) in [6.07, 6.45) is 1.02. The van der Waals surface area contributed by atoms with Crippen molar-refractivity contribution < 1.29 is 9.47 Å². The first kappa shape index (κ1) is 18.1. The maximum absolute atomic E-state index is 6.19. The highest BCUT2D eigenvalue weighted by Crippen LogP contribution is 2.19. The lowest BCUT2D eigenvalue weighted by molar-refractivity contribution is -0.0942. The van der Waals surface area contributed by atoms with Crippen molar-refractivity contribution in [3.63, 3.8) is 0 Å². The molecule has 3 heteroatoms. The molecular weight excluding hydrogens is 303 g/mol. The highest BCUT2D eigenvalue weighted by atomic mass is 31.0. The average molecular weight is 330 g/mol. The van der Waals surface area contributed by atoms with Crippen LogP contribution in [0.3, 0.4) is 0 Å². The Morgan fingerprint density at radius 2 is 1.26 bits per heavy atom. The van der Waals surface area contributed by atoms with Crippen LogP contribution in [-0.2, 0) is 22.7 Å². The molecule has 0 radical (unpaired) electrons. The predicted octanol–water partition coefficient (Wildman–Crippen LogP) is 4.69. The lowest BCUT2D eigenvalue weighted by atomic mass is 10.0. The van der Waals surface area contributed by atoms with Crippen molar-refractivity contribution in [2.75, 3.05) is 6.16 Å². The van der Waals surface area contributed by atoms with Crippen molar-refractivity contribution in [1.82, 2.24) is 0 Å². The number of hydrogen-bond acceptors (Lipinski definition) is 2. The Balaban J connectivity index is 1.93. The molecule has 124 valence electrons. The van der Waals surface area contributed by atoms with Crippen LogP contribution in [0.2, 0.25) is 0 Å². The van der Waals surface area contributed by atoms with Crippen molar-refractivity contribution in [3.05, 3.63) is 71.8 Å². The maximum Gasteiger partial charge on any atom is 0.0878 e. The summed E-state index contributed by atoms with van der Waals surface area (Å²) in [7, 11) is 2.79. The molecule has 0 aliphatic heterocycles. The standard InChI is InChI=1S/C20H27O2P/c1-16(2)20(22-14-18-11-7-4-8-12-18)19(15-23)21-13-17-9-5-3-6-10-17/h3-12,16,19-20H,13-15,23H2,1-2H3/t19-,20-/m0/s1. The topological polar surface area (TPSA) is 18.5 Å². The Morgan fingerprint density at radius 1 is 0.783 bits per heavy atom. The Bertz CT molecular complexity index is 542. The van der Waals surface area contributed by atoms with Gasteiger partial charge >= 0.3 is 0 Å². The molecule has 0 amide bonds. The number of benzene rings is 2. The van der Waals surface area contributed by atoms with Gasteiger partial charge in [0.1, 0.15) is 0 Å². The minimum Gasteiger partial charge on any atom is -0.371 e. The van der Waals surface area contributed by atoms with Crippen molar-refractivity contribution in [2.45, 2.75) is 39.3 Å². The first-order valence-corrected chi connectivity index (χ1v) is 9.03. The highest BCUT2D eigenvalue weighted by Gasteiger charge is 2.25. The summed E-state index contributed by atoms with van der Waals surface area (Å²) in [4.78, 5) is 0. The van der Waals surface area contributed by atoms with E-state index in [0.717, 1.165) is 6.16 Å². The number of hydrogen-bond donors (Lipinski definition) is 0. The molecular formula is C20H27O2P. The second kappa shape index (κ2) is 9.82. The molecule has 0 bridgehead atoms. The van der Waals surface area contributed by atoms with Gasteiger partial charge in [0.25, 0.3) is 0 Å². The lowest BCUT2D eigenvalue weighted by Crippen LogP contribution is -2.37. The fraction of sp³-hybridized carbons (Fsp3) is 0.400. The zero-order chi connectivity index (χ0) is 16.5. The van der Waals surface area contributed by atoms with Crippen LogP contribution in [0.15, 0.2) is 60.7 Å². The van der Waals surface area contributed by atoms with E-state index in [-0.39, 0.29) is 12.2 Å². The summed E-state index contributed by atoms with van der Waals surface area (Å²) in [5, 5.41) is 0. The molecule has 0 aromatic heterocycles. The third kappa shape index (κ3) is 6.06. The molecule has 2 aromatic rings. The Morgan fingerprint density at radius 3 is 1.70 bits per heavy atom. The summed E-state index contributed by atoms with van der Waals surface area (Å²) in [6, 6.07) is 20.6. The van der Waals surface area contributed by atoms with E-state index in [1.807, 2.05) is 36.4 Å².